The van der Waals surface area contributed by atoms with E-state index in [2.05, 4.69) is 10.3 Å². The quantitative estimate of drug-likeness (QED) is 0.836. The molecular formula is C17H19ClN2O3S2. The van der Waals surface area contributed by atoms with E-state index in [0.29, 0.717) is 18.0 Å². The lowest BCUT2D eigenvalue weighted by Crippen LogP contribution is -2.17. The van der Waals surface area contributed by atoms with E-state index in [4.69, 9.17) is 11.6 Å². The minimum absolute atomic E-state index is 0.0875. The van der Waals surface area contributed by atoms with Crippen LogP contribution in [0.3, 0.4) is 0 Å². The predicted octanol–water partition coefficient (Wildman–Crippen LogP) is 3.46. The van der Waals surface area contributed by atoms with Crippen LogP contribution in [0.2, 0.25) is 5.02 Å². The van der Waals surface area contributed by atoms with Crippen LogP contribution in [0.5, 0.6) is 0 Å². The van der Waals surface area contributed by atoms with E-state index < -0.39 is 9.84 Å². The summed E-state index contributed by atoms with van der Waals surface area (Å²) in [6.45, 7) is 1.97. The van der Waals surface area contributed by atoms with Crippen LogP contribution in [0, 0.1) is 12.8 Å². The maximum atomic E-state index is 12.1. The van der Waals surface area contributed by atoms with Crippen molar-refractivity contribution in [1.29, 1.82) is 0 Å². The number of benzene rings is 1. The molecule has 0 radical (unpaired) electrons. The molecule has 0 saturated carbocycles. The van der Waals surface area contributed by atoms with E-state index in [1.807, 2.05) is 25.1 Å². The van der Waals surface area contributed by atoms with Gasteiger partial charge in [0.1, 0.15) is 0 Å². The van der Waals surface area contributed by atoms with Crippen LogP contribution in [0.1, 0.15) is 28.8 Å². The first-order valence-electron chi connectivity index (χ1n) is 8.01. The summed E-state index contributed by atoms with van der Waals surface area (Å²) in [5, 5.41) is 4.05. The van der Waals surface area contributed by atoms with Gasteiger partial charge in [-0.2, -0.15) is 0 Å². The van der Waals surface area contributed by atoms with Gasteiger partial charge in [0, 0.05) is 28.9 Å². The van der Waals surface area contributed by atoms with Gasteiger partial charge in [0.2, 0.25) is 5.91 Å². The molecule has 0 aliphatic carbocycles. The van der Waals surface area contributed by atoms with Gasteiger partial charge in [0.25, 0.3) is 0 Å². The molecule has 5 nitrogen and oxygen atoms in total. The van der Waals surface area contributed by atoms with E-state index in [9.17, 15) is 13.2 Å². The summed E-state index contributed by atoms with van der Waals surface area (Å²) in [6.07, 6.45) is 3.18. The third-order valence-corrected chi connectivity index (χ3v) is 7.53. The Balaban J connectivity index is 1.58. The molecule has 1 amide bonds. The predicted molar refractivity (Wildman–Crippen MR) is 101 cm³/mol. The number of halogens is 1. The summed E-state index contributed by atoms with van der Waals surface area (Å²) < 4.78 is 22.9. The van der Waals surface area contributed by atoms with E-state index >= 15 is 0 Å². The molecule has 1 N–H and O–H groups in total. The molecule has 0 spiro atoms. The molecule has 1 fully saturated rings. The normalized spacial score (nSPS) is 19.0. The first-order valence-corrected chi connectivity index (χ1v) is 11.0. The molecule has 134 valence electrons. The standard InChI is InChI=1S/C17H19ClN2O3S2/c1-11-3-2-4-13(16(11)18)8-14-9-19-17(24-14)20-15(21)7-12-5-6-25(22,23)10-12/h2-4,9,12H,5-8,10H2,1H3,(H,19,20,21). The van der Waals surface area contributed by atoms with E-state index in [1.54, 1.807) is 6.20 Å². The SMILES string of the molecule is Cc1cccc(Cc2cnc(NC(=O)CC3CCS(=O)(=O)C3)s2)c1Cl. The highest BCUT2D eigenvalue weighted by Crippen LogP contribution is 2.27. The van der Waals surface area contributed by atoms with E-state index in [1.165, 1.54) is 11.3 Å². The average Bonchev–Trinajstić information content (AvgIpc) is 3.10. The molecule has 1 aromatic carbocycles. The number of hydrogen-bond acceptors (Lipinski definition) is 5. The van der Waals surface area contributed by atoms with Gasteiger partial charge < -0.3 is 5.32 Å². The summed E-state index contributed by atoms with van der Waals surface area (Å²) in [4.78, 5) is 17.3. The molecule has 0 bridgehead atoms. The topological polar surface area (TPSA) is 76.1 Å². The van der Waals surface area contributed by atoms with Crippen molar-refractivity contribution < 1.29 is 13.2 Å². The van der Waals surface area contributed by atoms with Crippen LogP contribution < -0.4 is 5.32 Å². The minimum atomic E-state index is -2.96. The van der Waals surface area contributed by atoms with Gasteiger partial charge in [0.05, 0.1) is 11.5 Å². The van der Waals surface area contributed by atoms with E-state index in [-0.39, 0.29) is 29.8 Å². The number of amides is 1. The molecule has 1 saturated heterocycles. The van der Waals surface area contributed by atoms with Gasteiger partial charge in [-0.15, -0.1) is 11.3 Å². The maximum absolute atomic E-state index is 12.1. The molecule has 8 heteroatoms. The fourth-order valence-corrected chi connectivity index (χ4v) is 5.85. The summed E-state index contributed by atoms with van der Waals surface area (Å²) in [5.41, 5.74) is 2.06. The Morgan fingerprint density at radius 2 is 2.24 bits per heavy atom. The van der Waals surface area contributed by atoms with Gasteiger partial charge in [-0.05, 0) is 30.4 Å². The summed E-state index contributed by atoms with van der Waals surface area (Å²) in [7, 11) is -2.96. The first-order chi connectivity index (χ1) is 11.8. The largest absolute Gasteiger partial charge is 0.302 e. The highest BCUT2D eigenvalue weighted by molar-refractivity contribution is 7.91. The molecule has 1 aliphatic heterocycles. The number of nitrogens with zero attached hydrogens (tertiary/aromatic N) is 1. The number of aromatic nitrogens is 1. The van der Waals surface area contributed by atoms with Gasteiger partial charge in [-0.1, -0.05) is 29.8 Å². The molecular weight excluding hydrogens is 380 g/mol. The second-order valence-corrected chi connectivity index (χ2v) is 10.1. The fourth-order valence-electron chi connectivity index (χ4n) is 2.94. The van der Waals surface area contributed by atoms with Gasteiger partial charge in [-0.3, -0.25) is 4.79 Å². The monoisotopic (exact) mass is 398 g/mol. The number of nitrogens with one attached hydrogen (secondary N) is 1. The molecule has 1 unspecified atom stereocenters. The van der Waals surface area contributed by atoms with Crippen molar-refractivity contribution in [1.82, 2.24) is 4.98 Å². The summed E-state index contributed by atoms with van der Waals surface area (Å²) >= 11 is 7.73. The van der Waals surface area contributed by atoms with Crippen LogP contribution in [0.25, 0.3) is 0 Å². The Morgan fingerprint density at radius 1 is 1.44 bits per heavy atom. The molecule has 1 aliphatic rings. The Hall–Kier alpha value is -1.44. The molecule has 2 heterocycles. The van der Waals surface area contributed by atoms with Crippen molar-refractivity contribution in [2.24, 2.45) is 5.92 Å². The van der Waals surface area contributed by atoms with Gasteiger partial charge >= 0.3 is 0 Å². The number of anilines is 1. The molecule has 25 heavy (non-hydrogen) atoms. The summed E-state index contributed by atoms with van der Waals surface area (Å²) in [5.74, 6) is 0.0195. The fraction of sp³-hybridized carbons (Fsp3) is 0.412. The number of thiazole rings is 1. The molecule has 1 aromatic heterocycles. The third-order valence-electron chi connectivity index (χ3n) is 4.24. The van der Waals surface area contributed by atoms with Crippen LogP contribution in [0.15, 0.2) is 24.4 Å². The number of carbonyl (C=O) groups excluding carboxylic acids is 1. The Kier molecular flexibility index (Phi) is 5.46. The molecule has 3 rings (SSSR count). The van der Waals surface area contributed by atoms with Crippen molar-refractivity contribution in [3.8, 4) is 0 Å². The van der Waals surface area contributed by atoms with Crippen molar-refractivity contribution >= 4 is 43.8 Å². The lowest BCUT2D eigenvalue weighted by atomic mass is 10.1. The number of aryl methyl sites for hydroxylation is 1. The van der Waals surface area contributed by atoms with Crippen LogP contribution in [0.4, 0.5) is 5.13 Å². The van der Waals surface area contributed by atoms with Crippen molar-refractivity contribution in [2.45, 2.75) is 26.2 Å². The average molecular weight is 399 g/mol. The lowest BCUT2D eigenvalue weighted by molar-refractivity contribution is -0.116. The second kappa shape index (κ2) is 7.43. The molecule has 1 atom stereocenters. The molecule has 2 aromatic rings. The third kappa shape index (κ3) is 4.80. The highest BCUT2D eigenvalue weighted by Gasteiger charge is 2.29. The first kappa shape index (κ1) is 18.4. The van der Waals surface area contributed by atoms with Crippen LogP contribution >= 0.6 is 22.9 Å². The van der Waals surface area contributed by atoms with E-state index in [0.717, 1.165) is 21.0 Å². The minimum Gasteiger partial charge on any atom is -0.302 e. The number of carbonyl (C=O) groups is 1. The Bertz CT molecular complexity index is 893. The van der Waals surface area contributed by atoms with Crippen LogP contribution in [-0.2, 0) is 21.1 Å². The Morgan fingerprint density at radius 3 is 2.96 bits per heavy atom. The zero-order chi connectivity index (χ0) is 18.0. The van der Waals surface area contributed by atoms with Crippen molar-refractivity contribution in [2.75, 3.05) is 16.8 Å². The zero-order valence-electron chi connectivity index (χ0n) is 13.8. The highest BCUT2D eigenvalue weighted by atomic mass is 35.5. The number of hydrogen-bond donors (Lipinski definition) is 1. The van der Waals surface area contributed by atoms with Gasteiger partial charge in [0.15, 0.2) is 15.0 Å². The number of rotatable bonds is 5. The lowest BCUT2D eigenvalue weighted by Gasteiger charge is -2.06. The maximum Gasteiger partial charge on any atom is 0.226 e. The smallest absolute Gasteiger partial charge is 0.226 e. The van der Waals surface area contributed by atoms with Crippen molar-refractivity contribution in [3.63, 3.8) is 0 Å². The Labute approximate surface area is 156 Å². The summed E-state index contributed by atoms with van der Waals surface area (Å²) in [6, 6.07) is 5.91. The van der Waals surface area contributed by atoms with Crippen molar-refractivity contribution in [3.05, 3.63) is 45.4 Å². The van der Waals surface area contributed by atoms with Gasteiger partial charge in [-0.25, -0.2) is 13.4 Å². The van der Waals surface area contributed by atoms with Crippen LogP contribution in [-0.4, -0.2) is 30.8 Å². The zero-order valence-corrected chi connectivity index (χ0v) is 16.2. The second-order valence-electron chi connectivity index (χ2n) is 6.38. The number of sulfone groups is 1.